The third-order valence-electron chi connectivity index (χ3n) is 3.41. The summed E-state index contributed by atoms with van der Waals surface area (Å²) in [5.74, 6) is -0.995. The van der Waals surface area contributed by atoms with Gasteiger partial charge in [-0.05, 0) is 64.8 Å². The summed E-state index contributed by atoms with van der Waals surface area (Å²) in [6.45, 7) is 10.6. The van der Waals surface area contributed by atoms with Crippen LogP contribution in [-0.4, -0.2) is 24.3 Å². The summed E-state index contributed by atoms with van der Waals surface area (Å²) in [6, 6.07) is 2.42. The molecule has 1 aromatic rings. The van der Waals surface area contributed by atoms with Gasteiger partial charge < -0.3 is 14.8 Å². The molecular formula is C20H28FNO4. The minimum Gasteiger partial charge on any atom is -0.466 e. The van der Waals surface area contributed by atoms with Gasteiger partial charge in [0, 0.05) is 5.56 Å². The second-order valence-electron chi connectivity index (χ2n) is 6.95. The Morgan fingerprint density at radius 3 is 2.50 bits per heavy atom. The molecule has 6 heteroatoms. The largest absolute Gasteiger partial charge is 0.466 e. The first-order valence-corrected chi connectivity index (χ1v) is 8.65. The van der Waals surface area contributed by atoms with Gasteiger partial charge in [-0.1, -0.05) is 12.2 Å². The zero-order chi connectivity index (χ0) is 19.9. The van der Waals surface area contributed by atoms with E-state index in [-0.39, 0.29) is 18.6 Å². The summed E-state index contributed by atoms with van der Waals surface area (Å²) in [6.07, 6.45) is 2.74. The van der Waals surface area contributed by atoms with Gasteiger partial charge >= 0.3 is 12.1 Å². The van der Waals surface area contributed by atoms with Gasteiger partial charge in [0.15, 0.2) is 0 Å². The Kier molecular flexibility index (Phi) is 7.80. The number of hydrogen-bond donors (Lipinski definition) is 1. The third kappa shape index (κ3) is 6.86. The van der Waals surface area contributed by atoms with E-state index in [0.29, 0.717) is 5.56 Å². The van der Waals surface area contributed by atoms with E-state index >= 15 is 0 Å². The molecule has 0 saturated heterocycles. The molecule has 0 fully saturated rings. The number of esters is 1. The Morgan fingerprint density at radius 1 is 1.31 bits per heavy atom. The SMILES string of the molecule is C/C=C\c1cc(C)c(F)c([C@H](CC(=O)OCC)NC(=O)OC(C)(C)C)c1. The molecule has 5 nitrogen and oxygen atoms in total. The van der Waals surface area contributed by atoms with Gasteiger partial charge in [0.25, 0.3) is 0 Å². The van der Waals surface area contributed by atoms with E-state index in [1.165, 1.54) is 0 Å². The number of alkyl carbamates (subject to hydrolysis) is 1. The monoisotopic (exact) mass is 365 g/mol. The first kappa shape index (κ1) is 21.7. The van der Waals surface area contributed by atoms with Crippen LogP contribution in [0.15, 0.2) is 18.2 Å². The van der Waals surface area contributed by atoms with Crippen molar-refractivity contribution in [3.63, 3.8) is 0 Å². The number of benzene rings is 1. The van der Waals surface area contributed by atoms with Crippen molar-refractivity contribution in [1.82, 2.24) is 5.32 Å². The smallest absolute Gasteiger partial charge is 0.408 e. The lowest BCUT2D eigenvalue weighted by molar-refractivity contribution is -0.143. The number of aryl methyl sites for hydroxylation is 1. The summed E-state index contributed by atoms with van der Waals surface area (Å²) < 4.78 is 24.9. The number of carbonyl (C=O) groups excluding carboxylic acids is 2. The fourth-order valence-corrected chi connectivity index (χ4v) is 2.44. The molecule has 0 bridgehead atoms. The van der Waals surface area contributed by atoms with Crippen LogP contribution in [0.4, 0.5) is 9.18 Å². The number of rotatable bonds is 6. The van der Waals surface area contributed by atoms with Crippen molar-refractivity contribution in [2.75, 3.05) is 6.61 Å². The van der Waals surface area contributed by atoms with Crippen LogP contribution in [0, 0.1) is 12.7 Å². The zero-order valence-electron chi connectivity index (χ0n) is 16.3. The number of carbonyl (C=O) groups is 2. The molecule has 0 aliphatic heterocycles. The minimum absolute atomic E-state index is 0.192. The topological polar surface area (TPSA) is 64.6 Å². The van der Waals surface area contributed by atoms with E-state index < -0.39 is 29.5 Å². The predicted octanol–water partition coefficient (Wildman–Crippen LogP) is 4.69. The molecule has 0 aliphatic rings. The van der Waals surface area contributed by atoms with E-state index in [2.05, 4.69) is 5.32 Å². The van der Waals surface area contributed by atoms with E-state index in [0.717, 1.165) is 5.56 Å². The molecule has 0 saturated carbocycles. The molecule has 0 unspecified atom stereocenters. The van der Waals surface area contributed by atoms with Crippen molar-refractivity contribution in [3.05, 3.63) is 40.7 Å². The highest BCUT2D eigenvalue weighted by molar-refractivity contribution is 5.73. The average molecular weight is 365 g/mol. The molecule has 1 rings (SSSR count). The molecule has 1 aromatic carbocycles. The highest BCUT2D eigenvalue weighted by Crippen LogP contribution is 2.26. The highest BCUT2D eigenvalue weighted by Gasteiger charge is 2.26. The van der Waals surface area contributed by atoms with Gasteiger partial charge in [0.2, 0.25) is 0 Å². The molecule has 1 N–H and O–H groups in total. The molecule has 1 atom stereocenters. The number of ether oxygens (including phenoxy) is 2. The first-order valence-electron chi connectivity index (χ1n) is 8.65. The summed E-state index contributed by atoms with van der Waals surface area (Å²) in [5.41, 5.74) is 0.716. The standard InChI is InChI=1S/C20H28FNO4/c1-7-9-14-10-13(3)18(21)15(11-14)16(12-17(23)25-8-2)22-19(24)26-20(4,5)6/h7,9-11,16H,8,12H2,1-6H3,(H,22,24)/b9-7-/t16-/m0/s1. The first-order chi connectivity index (χ1) is 12.1. The minimum atomic E-state index is -0.896. The molecule has 144 valence electrons. The maximum Gasteiger partial charge on any atom is 0.408 e. The predicted molar refractivity (Wildman–Crippen MR) is 99.2 cm³/mol. The molecule has 0 spiro atoms. The van der Waals surface area contributed by atoms with Crippen LogP contribution < -0.4 is 5.32 Å². The number of hydrogen-bond acceptors (Lipinski definition) is 4. The third-order valence-corrected chi connectivity index (χ3v) is 3.41. The number of halogens is 1. The second kappa shape index (κ2) is 9.36. The highest BCUT2D eigenvalue weighted by atomic mass is 19.1. The molecule has 26 heavy (non-hydrogen) atoms. The van der Waals surface area contributed by atoms with E-state index in [9.17, 15) is 14.0 Å². The number of amides is 1. The average Bonchev–Trinajstić information content (AvgIpc) is 2.48. The van der Waals surface area contributed by atoms with Gasteiger partial charge in [-0.2, -0.15) is 0 Å². The lowest BCUT2D eigenvalue weighted by atomic mass is 9.97. The molecule has 0 aliphatic carbocycles. The van der Waals surface area contributed by atoms with Crippen LogP contribution in [-0.2, 0) is 14.3 Å². The Hall–Kier alpha value is -2.37. The van der Waals surface area contributed by atoms with E-state index in [1.54, 1.807) is 46.8 Å². The molecule has 0 aromatic heterocycles. The summed E-state index contributed by atoms with van der Waals surface area (Å²) >= 11 is 0. The Morgan fingerprint density at radius 2 is 1.96 bits per heavy atom. The summed E-state index contributed by atoms with van der Waals surface area (Å²) in [5, 5.41) is 2.59. The van der Waals surface area contributed by atoms with E-state index in [4.69, 9.17) is 9.47 Å². The summed E-state index contributed by atoms with van der Waals surface area (Å²) in [4.78, 5) is 24.1. The maximum absolute atomic E-state index is 14.7. The van der Waals surface area contributed by atoms with Crippen LogP contribution in [0.2, 0.25) is 0 Å². The number of allylic oxidation sites excluding steroid dienone is 1. The van der Waals surface area contributed by atoms with Gasteiger partial charge in [0.05, 0.1) is 19.1 Å². The fraction of sp³-hybridized carbons (Fsp3) is 0.500. The van der Waals surface area contributed by atoms with Crippen molar-refractivity contribution in [3.8, 4) is 0 Å². The molecule has 1 amide bonds. The van der Waals surface area contributed by atoms with Gasteiger partial charge in [-0.15, -0.1) is 0 Å². The number of nitrogens with one attached hydrogen (secondary N) is 1. The van der Waals surface area contributed by atoms with Crippen LogP contribution >= 0.6 is 0 Å². The van der Waals surface area contributed by atoms with Crippen LogP contribution in [0.1, 0.15) is 63.8 Å². The van der Waals surface area contributed by atoms with Crippen molar-refractivity contribution >= 4 is 18.1 Å². The van der Waals surface area contributed by atoms with Crippen molar-refractivity contribution in [2.24, 2.45) is 0 Å². The Bertz CT molecular complexity index is 677. The van der Waals surface area contributed by atoms with Crippen molar-refractivity contribution in [1.29, 1.82) is 0 Å². The lowest BCUT2D eigenvalue weighted by Gasteiger charge is -2.24. The van der Waals surface area contributed by atoms with Gasteiger partial charge in [0.1, 0.15) is 11.4 Å². The molecular weight excluding hydrogens is 337 g/mol. The van der Waals surface area contributed by atoms with Crippen LogP contribution in [0.3, 0.4) is 0 Å². The normalized spacial score (nSPS) is 12.7. The summed E-state index contributed by atoms with van der Waals surface area (Å²) in [7, 11) is 0. The van der Waals surface area contributed by atoms with Crippen molar-refractivity contribution in [2.45, 2.75) is 59.6 Å². The van der Waals surface area contributed by atoms with Gasteiger partial charge in [-0.3, -0.25) is 4.79 Å². The van der Waals surface area contributed by atoms with Gasteiger partial charge in [-0.25, -0.2) is 9.18 Å². The van der Waals surface area contributed by atoms with Crippen molar-refractivity contribution < 1.29 is 23.5 Å². The fourth-order valence-electron chi connectivity index (χ4n) is 2.44. The quantitative estimate of drug-likeness (QED) is 0.743. The zero-order valence-corrected chi connectivity index (χ0v) is 16.3. The maximum atomic E-state index is 14.7. The van der Waals surface area contributed by atoms with Crippen LogP contribution in [0.25, 0.3) is 6.08 Å². The lowest BCUT2D eigenvalue weighted by Crippen LogP contribution is -2.36. The second-order valence-corrected chi connectivity index (χ2v) is 6.95. The molecule has 0 radical (unpaired) electrons. The van der Waals surface area contributed by atoms with E-state index in [1.807, 2.05) is 19.1 Å². The Labute approximate surface area is 154 Å². The molecule has 0 heterocycles. The van der Waals surface area contributed by atoms with Crippen LogP contribution in [0.5, 0.6) is 0 Å². The Balaban J connectivity index is 3.22.